The van der Waals surface area contributed by atoms with E-state index in [2.05, 4.69) is 4.72 Å². The third-order valence-electron chi connectivity index (χ3n) is 1.85. The fourth-order valence-electron chi connectivity index (χ4n) is 1.04. The molecule has 0 radical (unpaired) electrons. The first-order chi connectivity index (χ1) is 7.10. The summed E-state index contributed by atoms with van der Waals surface area (Å²) in [4.78, 5) is 1.07. The number of sulfonamides is 1. The van der Waals surface area contributed by atoms with E-state index < -0.39 is 10.0 Å². The Kier molecular flexibility index (Phi) is 4.72. The molecule has 0 bridgehead atoms. The molecule has 1 aromatic heterocycles. The van der Waals surface area contributed by atoms with Crippen molar-refractivity contribution in [2.24, 2.45) is 0 Å². The minimum Gasteiger partial charge on any atom is -0.383 e. The van der Waals surface area contributed by atoms with Crippen molar-refractivity contribution >= 4 is 21.4 Å². The molecule has 0 saturated heterocycles. The number of hydrogen-bond donors (Lipinski definition) is 1. The van der Waals surface area contributed by atoms with E-state index in [1.807, 2.05) is 13.0 Å². The lowest BCUT2D eigenvalue weighted by molar-refractivity contribution is 0.204. The topological polar surface area (TPSA) is 55.4 Å². The van der Waals surface area contributed by atoms with Gasteiger partial charge in [0, 0.05) is 18.5 Å². The third-order valence-corrected chi connectivity index (χ3v) is 5.03. The van der Waals surface area contributed by atoms with Crippen LogP contribution in [0.15, 0.2) is 16.3 Å². The van der Waals surface area contributed by atoms with Gasteiger partial charge in [-0.05, 0) is 18.6 Å². The molecule has 1 aromatic rings. The van der Waals surface area contributed by atoms with Gasteiger partial charge in [0.25, 0.3) is 0 Å². The van der Waals surface area contributed by atoms with Crippen molar-refractivity contribution in [3.63, 3.8) is 0 Å². The number of rotatable bonds is 6. The zero-order valence-corrected chi connectivity index (χ0v) is 10.5. The molecule has 6 heteroatoms. The van der Waals surface area contributed by atoms with E-state index in [0.717, 1.165) is 11.3 Å². The van der Waals surface area contributed by atoms with Crippen molar-refractivity contribution in [3.05, 3.63) is 17.0 Å². The van der Waals surface area contributed by atoms with Crippen molar-refractivity contribution in [2.45, 2.75) is 17.6 Å². The summed E-state index contributed by atoms with van der Waals surface area (Å²) in [6.07, 6.45) is 0.859. The Morgan fingerprint density at radius 1 is 1.47 bits per heavy atom. The van der Waals surface area contributed by atoms with Crippen molar-refractivity contribution in [1.82, 2.24) is 4.72 Å². The van der Waals surface area contributed by atoms with Gasteiger partial charge < -0.3 is 4.74 Å². The van der Waals surface area contributed by atoms with Crippen LogP contribution >= 0.6 is 11.3 Å². The van der Waals surface area contributed by atoms with E-state index in [9.17, 15) is 8.42 Å². The molecule has 0 aromatic carbocycles. The highest BCUT2D eigenvalue weighted by molar-refractivity contribution is 7.91. The maximum Gasteiger partial charge on any atom is 0.250 e. The van der Waals surface area contributed by atoms with Crippen LogP contribution in [0.2, 0.25) is 0 Å². The quantitative estimate of drug-likeness (QED) is 0.772. The van der Waals surface area contributed by atoms with Gasteiger partial charge in [-0.2, -0.15) is 0 Å². The molecule has 1 heterocycles. The Hall–Kier alpha value is -0.430. The van der Waals surface area contributed by atoms with E-state index in [4.69, 9.17) is 4.74 Å². The van der Waals surface area contributed by atoms with E-state index in [-0.39, 0.29) is 0 Å². The number of thiophene rings is 1. The van der Waals surface area contributed by atoms with Crippen molar-refractivity contribution in [3.8, 4) is 0 Å². The standard InChI is InChI=1S/C9H15NO3S2/c1-3-8-4-5-9(14-8)15(11,12)10-6-7-13-2/h4-5,10H,3,6-7H2,1-2H3. The van der Waals surface area contributed by atoms with Crippen molar-refractivity contribution in [2.75, 3.05) is 20.3 Å². The highest BCUT2D eigenvalue weighted by Gasteiger charge is 2.15. The van der Waals surface area contributed by atoms with Gasteiger partial charge in [0.05, 0.1) is 6.61 Å². The Bertz CT molecular complexity index is 397. The highest BCUT2D eigenvalue weighted by atomic mass is 32.2. The van der Waals surface area contributed by atoms with Gasteiger partial charge in [-0.25, -0.2) is 13.1 Å². The predicted octanol–water partition coefficient (Wildman–Crippen LogP) is 1.24. The first-order valence-electron chi connectivity index (χ1n) is 4.67. The molecule has 86 valence electrons. The summed E-state index contributed by atoms with van der Waals surface area (Å²) >= 11 is 1.31. The Morgan fingerprint density at radius 3 is 2.73 bits per heavy atom. The lowest BCUT2D eigenvalue weighted by Crippen LogP contribution is -2.26. The summed E-state index contributed by atoms with van der Waals surface area (Å²) in [7, 11) is -1.80. The summed E-state index contributed by atoms with van der Waals surface area (Å²) < 4.78 is 31.0. The van der Waals surface area contributed by atoms with Crippen LogP contribution in [0.25, 0.3) is 0 Å². The zero-order valence-electron chi connectivity index (χ0n) is 8.82. The summed E-state index contributed by atoms with van der Waals surface area (Å²) in [6, 6.07) is 3.48. The third kappa shape index (κ3) is 3.57. The van der Waals surface area contributed by atoms with Gasteiger partial charge in [0.1, 0.15) is 4.21 Å². The smallest absolute Gasteiger partial charge is 0.250 e. The molecule has 0 amide bonds. The molecule has 1 N–H and O–H groups in total. The van der Waals surface area contributed by atoms with Gasteiger partial charge in [-0.3, -0.25) is 0 Å². The summed E-state index contributed by atoms with van der Waals surface area (Å²) in [5, 5.41) is 0. The second-order valence-corrected chi connectivity index (χ2v) is 6.13. The number of nitrogens with one attached hydrogen (secondary N) is 1. The number of aryl methyl sites for hydroxylation is 1. The lowest BCUT2D eigenvalue weighted by Gasteiger charge is -2.03. The largest absolute Gasteiger partial charge is 0.383 e. The minimum absolute atomic E-state index is 0.304. The summed E-state index contributed by atoms with van der Waals surface area (Å²) in [6.45, 7) is 2.68. The number of ether oxygens (including phenoxy) is 1. The molecule has 0 aliphatic carbocycles. The highest BCUT2D eigenvalue weighted by Crippen LogP contribution is 2.21. The van der Waals surface area contributed by atoms with Crippen LogP contribution < -0.4 is 4.72 Å². The molecule has 0 fully saturated rings. The second-order valence-electron chi connectivity index (χ2n) is 2.96. The number of hydrogen-bond acceptors (Lipinski definition) is 4. The van der Waals surface area contributed by atoms with Crippen LogP contribution in [-0.2, 0) is 21.2 Å². The molecule has 15 heavy (non-hydrogen) atoms. The monoisotopic (exact) mass is 249 g/mol. The van der Waals surface area contributed by atoms with Crippen LogP contribution in [0.3, 0.4) is 0 Å². The van der Waals surface area contributed by atoms with E-state index in [1.165, 1.54) is 18.4 Å². The maximum atomic E-state index is 11.7. The van der Waals surface area contributed by atoms with Gasteiger partial charge in [-0.1, -0.05) is 6.92 Å². The van der Waals surface area contributed by atoms with Gasteiger partial charge >= 0.3 is 0 Å². The first-order valence-corrected chi connectivity index (χ1v) is 6.97. The Morgan fingerprint density at radius 2 is 2.20 bits per heavy atom. The summed E-state index contributed by atoms with van der Waals surface area (Å²) in [5.74, 6) is 0. The van der Waals surface area contributed by atoms with Crippen LogP contribution in [0.1, 0.15) is 11.8 Å². The van der Waals surface area contributed by atoms with Crippen LogP contribution in [-0.4, -0.2) is 28.7 Å². The van der Waals surface area contributed by atoms with Crippen LogP contribution in [0.5, 0.6) is 0 Å². The normalized spacial score (nSPS) is 11.9. The Labute approximate surface area is 94.3 Å². The molecule has 0 aliphatic heterocycles. The van der Waals surface area contributed by atoms with Crippen molar-refractivity contribution < 1.29 is 13.2 Å². The minimum atomic E-state index is -3.33. The van der Waals surface area contributed by atoms with Crippen molar-refractivity contribution in [1.29, 1.82) is 0 Å². The average molecular weight is 249 g/mol. The summed E-state index contributed by atoms with van der Waals surface area (Å²) in [5.41, 5.74) is 0. The van der Waals surface area contributed by atoms with Crippen LogP contribution in [0, 0.1) is 0 Å². The van der Waals surface area contributed by atoms with Gasteiger partial charge in [-0.15, -0.1) is 11.3 Å². The molecule has 0 atom stereocenters. The fraction of sp³-hybridized carbons (Fsp3) is 0.556. The molecule has 0 unspecified atom stereocenters. The van der Waals surface area contributed by atoms with E-state index in [1.54, 1.807) is 6.07 Å². The molecular weight excluding hydrogens is 234 g/mol. The van der Waals surface area contributed by atoms with Gasteiger partial charge in [0.2, 0.25) is 10.0 Å². The zero-order chi connectivity index (χ0) is 11.3. The first kappa shape index (κ1) is 12.6. The van der Waals surface area contributed by atoms with E-state index >= 15 is 0 Å². The number of methoxy groups -OCH3 is 1. The molecule has 4 nitrogen and oxygen atoms in total. The fourth-order valence-corrected chi connectivity index (χ4v) is 3.40. The Balaban J connectivity index is 2.68. The lowest BCUT2D eigenvalue weighted by atomic mass is 10.4. The van der Waals surface area contributed by atoms with E-state index in [0.29, 0.717) is 17.4 Å². The SMILES string of the molecule is CCc1ccc(S(=O)(=O)NCCOC)s1. The molecule has 0 saturated carbocycles. The average Bonchev–Trinajstić information content (AvgIpc) is 2.66. The molecule has 0 aliphatic rings. The van der Waals surface area contributed by atoms with Gasteiger partial charge in [0.15, 0.2) is 0 Å². The van der Waals surface area contributed by atoms with Crippen LogP contribution in [0.4, 0.5) is 0 Å². The molecule has 1 rings (SSSR count). The molecule has 0 spiro atoms. The predicted molar refractivity (Wildman–Crippen MR) is 60.8 cm³/mol. The second kappa shape index (κ2) is 5.60. The maximum absolute atomic E-state index is 11.7. The molecular formula is C9H15NO3S2.